The second-order valence-electron chi connectivity index (χ2n) is 6.34. The van der Waals surface area contributed by atoms with Gasteiger partial charge in [0.15, 0.2) is 0 Å². The number of carbonyl (C=O) groups excluding carboxylic acids is 1. The van der Waals surface area contributed by atoms with Gasteiger partial charge in [0.05, 0.1) is 12.2 Å². The minimum absolute atomic E-state index is 0.00535. The van der Waals surface area contributed by atoms with Gasteiger partial charge in [0, 0.05) is 25.2 Å². The molecule has 2 rings (SSSR count). The number of hydrogen-bond acceptors (Lipinski definition) is 4. The summed E-state index contributed by atoms with van der Waals surface area (Å²) < 4.78 is 24.8. The molecule has 3 unspecified atom stereocenters. The number of sulfonamides is 1. The molecule has 1 saturated heterocycles. The average Bonchev–Trinajstić information content (AvgIpc) is 2.83. The molecule has 2 aliphatic rings. The van der Waals surface area contributed by atoms with Crippen molar-refractivity contribution in [3.05, 3.63) is 0 Å². The summed E-state index contributed by atoms with van der Waals surface area (Å²) in [6, 6.07) is 0.141. The molecule has 7 heteroatoms. The molecule has 2 fully saturated rings. The number of rotatable bonds is 5. The third-order valence-corrected chi connectivity index (χ3v) is 5.37. The van der Waals surface area contributed by atoms with E-state index in [-0.39, 0.29) is 23.9 Å². The van der Waals surface area contributed by atoms with Crippen molar-refractivity contribution in [2.24, 2.45) is 11.7 Å². The van der Waals surface area contributed by atoms with Crippen molar-refractivity contribution in [2.75, 3.05) is 19.3 Å². The molecule has 1 amide bonds. The second kappa shape index (κ2) is 7.07. The van der Waals surface area contributed by atoms with Gasteiger partial charge < -0.3 is 10.6 Å². The predicted octanol–water partition coefficient (Wildman–Crippen LogP) is 0.434. The Morgan fingerprint density at radius 2 is 2.00 bits per heavy atom. The van der Waals surface area contributed by atoms with E-state index in [4.69, 9.17) is 5.73 Å². The van der Waals surface area contributed by atoms with Crippen LogP contribution in [0.15, 0.2) is 0 Å². The first-order chi connectivity index (χ1) is 9.88. The summed E-state index contributed by atoms with van der Waals surface area (Å²) in [6.07, 6.45) is 7.79. The molecule has 0 aromatic heterocycles. The molecular weight excluding hydrogens is 290 g/mol. The standard InChI is InChI=1S/C14H27N3O3S/c1-21(19,20)16-9-8-11-5-2-3-10-17(11)14(18)12-6-4-7-13(12)15/h11-13,16H,2-10,15H2,1H3. The molecule has 0 spiro atoms. The lowest BCUT2D eigenvalue weighted by Gasteiger charge is -2.38. The van der Waals surface area contributed by atoms with Crippen LogP contribution < -0.4 is 10.5 Å². The summed E-state index contributed by atoms with van der Waals surface area (Å²) in [5.74, 6) is 0.150. The molecule has 21 heavy (non-hydrogen) atoms. The van der Waals surface area contributed by atoms with Crippen LogP contribution in [0, 0.1) is 5.92 Å². The highest BCUT2D eigenvalue weighted by atomic mass is 32.2. The quantitative estimate of drug-likeness (QED) is 0.769. The van der Waals surface area contributed by atoms with Gasteiger partial charge in [-0.25, -0.2) is 13.1 Å². The highest BCUT2D eigenvalue weighted by Gasteiger charge is 2.36. The highest BCUT2D eigenvalue weighted by molar-refractivity contribution is 7.88. The SMILES string of the molecule is CS(=O)(=O)NCCC1CCCCN1C(=O)C1CCCC1N. The third kappa shape index (κ3) is 4.66. The molecule has 6 nitrogen and oxygen atoms in total. The molecule has 3 N–H and O–H groups in total. The van der Waals surface area contributed by atoms with E-state index in [1.807, 2.05) is 4.90 Å². The van der Waals surface area contributed by atoms with E-state index in [1.54, 1.807) is 0 Å². The molecule has 1 heterocycles. The zero-order valence-electron chi connectivity index (χ0n) is 12.8. The molecule has 122 valence electrons. The van der Waals surface area contributed by atoms with Gasteiger partial charge in [-0.3, -0.25) is 4.79 Å². The largest absolute Gasteiger partial charge is 0.339 e. The Morgan fingerprint density at radius 1 is 1.24 bits per heavy atom. The summed E-state index contributed by atoms with van der Waals surface area (Å²) in [5, 5.41) is 0. The van der Waals surface area contributed by atoms with Crippen LogP contribution in [0.1, 0.15) is 44.9 Å². The monoisotopic (exact) mass is 317 g/mol. The molecule has 1 aliphatic heterocycles. The van der Waals surface area contributed by atoms with Gasteiger partial charge in [0.2, 0.25) is 15.9 Å². The lowest BCUT2D eigenvalue weighted by Crippen LogP contribution is -2.49. The Bertz CT molecular complexity index is 466. The Balaban J connectivity index is 1.93. The number of carbonyl (C=O) groups is 1. The Labute approximate surface area is 127 Å². The minimum Gasteiger partial charge on any atom is -0.339 e. The summed E-state index contributed by atoms with van der Waals surface area (Å²) in [4.78, 5) is 14.7. The van der Waals surface area contributed by atoms with E-state index in [0.29, 0.717) is 13.0 Å². The number of nitrogens with zero attached hydrogens (tertiary/aromatic N) is 1. The summed E-state index contributed by atoms with van der Waals surface area (Å²) >= 11 is 0. The molecule has 1 saturated carbocycles. The zero-order chi connectivity index (χ0) is 15.5. The maximum atomic E-state index is 12.7. The van der Waals surface area contributed by atoms with E-state index >= 15 is 0 Å². The predicted molar refractivity (Wildman–Crippen MR) is 82.1 cm³/mol. The fourth-order valence-corrected chi connectivity index (χ4v) is 4.00. The van der Waals surface area contributed by atoms with Gasteiger partial charge in [0.1, 0.15) is 0 Å². The van der Waals surface area contributed by atoms with Crippen LogP contribution in [0.4, 0.5) is 0 Å². The number of nitrogens with two attached hydrogens (primary N) is 1. The van der Waals surface area contributed by atoms with E-state index < -0.39 is 10.0 Å². The van der Waals surface area contributed by atoms with Crippen LogP contribution in [0.2, 0.25) is 0 Å². The molecule has 1 aliphatic carbocycles. The van der Waals surface area contributed by atoms with Crippen LogP contribution in [0.3, 0.4) is 0 Å². The van der Waals surface area contributed by atoms with E-state index in [9.17, 15) is 13.2 Å². The number of amides is 1. The molecule has 0 radical (unpaired) electrons. The van der Waals surface area contributed by atoms with E-state index in [1.165, 1.54) is 0 Å². The van der Waals surface area contributed by atoms with Crippen LogP contribution in [0.5, 0.6) is 0 Å². The van der Waals surface area contributed by atoms with Crippen LogP contribution in [-0.2, 0) is 14.8 Å². The van der Waals surface area contributed by atoms with Gasteiger partial charge in [-0.05, 0) is 38.5 Å². The maximum Gasteiger partial charge on any atom is 0.227 e. The van der Waals surface area contributed by atoms with E-state index in [2.05, 4.69) is 4.72 Å². The Morgan fingerprint density at radius 3 is 2.62 bits per heavy atom. The summed E-state index contributed by atoms with van der Waals surface area (Å²) in [7, 11) is -3.16. The topological polar surface area (TPSA) is 92.5 Å². The summed E-state index contributed by atoms with van der Waals surface area (Å²) in [5.41, 5.74) is 6.05. The summed E-state index contributed by atoms with van der Waals surface area (Å²) in [6.45, 7) is 1.18. The van der Waals surface area contributed by atoms with Crippen molar-refractivity contribution >= 4 is 15.9 Å². The number of hydrogen-bond donors (Lipinski definition) is 2. The van der Waals surface area contributed by atoms with Gasteiger partial charge in [-0.1, -0.05) is 6.42 Å². The van der Waals surface area contributed by atoms with Gasteiger partial charge >= 0.3 is 0 Å². The number of piperidine rings is 1. The Kier molecular flexibility index (Phi) is 5.62. The smallest absolute Gasteiger partial charge is 0.227 e. The van der Waals surface area contributed by atoms with Gasteiger partial charge in [-0.15, -0.1) is 0 Å². The Hall–Kier alpha value is -0.660. The number of nitrogens with one attached hydrogen (secondary N) is 1. The van der Waals surface area contributed by atoms with Crippen LogP contribution >= 0.6 is 0 Å². The molecule has 0 aromatic carbocycles. The molecule has 3 atom stereocenters. The first-order valence-electron chi connectivity index (χ1n) is 7.89. The van der Waals surface area contributed by atoms with Crippen molar-refractivity contribution in [3.8, 4) is 0 Å². The van der Waals surface area contributed by atoms with Crippen molar-refractivity contribution in [2.45, 2.75) is 57.0 Å². The zero-order valence-corrected chi connectivity index (χ0v) is 13.6. The first-order valence-corrected chi connectivity index (χ1v) is 9.78. The van der Waals surface area contributed by atoms with E-state index in [0.717, 1.165) is 51.3 Å². The van der Waals surface area contributed by atoms with Crippen LogP contribution in [0.25, 0.3) is 0 Å². The van der Waals surface area contributed by atoms with Gasteiger partial charge in [0.25, 0.3) is 0 Å². The maximum absolute atomic E-state index is 12.7. The van der Waals surface area contributed by atoms with Gasteiger partial charge in [-0.2, -0.15) is 0 Å². The van der Waals surface area contributed by atoms with Crippen molar-refractivity contribution in [1.29, 1.82) is 0 Å². The van der Waals surface area contributed by atoms with Crippen LogP contribution in [-0.4, -0.2) is 50.7 Å². The fourth-order valence-electron chi connectivity index (χ4n) is 3.51. The lowest BCUT2D eigenvalue weighted by atomic mass is 9.95. The second-order valence-corrected chi connectivity index (χ2v) is 8.17. The normalized spacial score (nSPS) is 30.6. The van der Waals surface area contributed by atoms with Crippen molar-refractivity contribution in [1.82, 2.24) is 9.62 Å². The molecular formula is C14H27N3O3S. The first kappa shape index (κ1) is 16.7. The molecule has 0 bridgehead atoms. The fraction of sp³-hybridized carbons (Fsp3) is 0.929. The minimum atomic E-state index is -3.16. The highest BCUT2D eigenvalue weighted by Crippen LogP contribution is 2.29. The lowest BCUT2D eigenvalue weighted by molar-refractivity contribution is -0.139. The van der Waals surface area contributed by atoms with Crippen molar-refractivity contribution in [3.63, 3.8) is 0 Å². The number of likely N-dealkylation sites (tertiary alicyclic amines) is 1. The van der Waals surface area contributed by atoms with Crippen molar-refractivity contribution < 1.29 is 13.2 Å². The third-order valence-electron chi connectivity index (χ3n) is 4.64. The molecule has 0 aromatic rings. The average molecular weight is 317 g/mol.